The molecule has 2 atom stereocenters. The third kappa shape index (κ3) is 3.86. The number of hydrogen-bond donors (Lipinski definition) is 0. The standard InChI is InChI=1S/C16H22N2O3S/c1-13-7-3-4-8-15(13)16-11-18(14(2)12-21-16)22(19,20)10-6-5-9-17/h3-4,7-8,14,16H,5-6,10-12H2,1-2H3/t14-,16-/m0/s1. The van der Waals surface area contributed by atoms with Gasteiger partial charge in [0, 0.05) is 19.0 Å². The topological polar surface area (TPSA) is 70.4 Å². The third-order valence-electron chi connectivity index (χ3n) is 3.96. The molecular formula is C16H22N2O3S. The minimum Gasteiger partial charge on any atom is -0.370 e. The molecule has 0 amide bonds. The van der Waals surface area contributed by atoms with Crippen LogP contribution in [0.5, 0.6) is 0 Å². The molecule has 0 saturated carbocycles. The maximum atomic E-state index is 12.5. The van der Waals surface area contributed by atoms with Gasteiger partial charge in [-0.3, -0.25) is 0 Å². The second kappa shape index (κ2) is 7.23. The summed E-state index contributed by atoms with van der Waals surface area (Å²) in [6.45, 7) is 4.58. The summed E-state index contributed by atoms with van der Waals surface area (Å²) in [7, 11) is -3.36. The maximum Gasteiger partial charge on any atom is 0.214 e. The van der Waals surface area contributed by atoms with Crippen LogP contribution in [-0.4, -0.2) is 37.7 Å². The molecular weight excluding hydrogens is 300 g/mol. The van der Waals surface area contributed by atoms with E-state index in [1.165, 1.54) is 4.31 Å². The number of hydrogen-bond acceptors (Lipinski definition) is 4. The molecule has 22 heavy (non-hydrogen) atoms. The van der Waals surface area contributed by atoms with Gasteiger partial charge in [-0.2, -0.15) is 9.57 Å². The third-order valence-corrected chi connectivity index (χ3v) is 5.99. The van der Waals surface area contributed by atoms with Crippen molar-refractivity contribution in [2.45, 2.75) is 38.8 Å². The number of morpholine rings is 1. The van der Waals surface area contributed by atoms with Crippen LogP contribution in [0.1, 0.15) is 37.0 Å². The molecule has 5 nitrogen and oxygen atoms in total. The molecule has 1 aliphatic rings. The van der Waals surface area contributed by atoms with Crippen molar-refractivity contribution in [3.05, 3.63) is 35.4 Å². The Morgan fingerprint density at radius 3 is 2.82 bits per heavy atom. The highest BCUT2D eigenvalue weighted by molar-refractivity contribution is 7.89. The van der Waals surface area contributed by atoms with Gasteiger partial charge in [-0.1, -0.05) is 24.3 Å². The molecule has 0 radical (unpaired) electrons. The van der Waals surface area contributed by atoms with Crippen LogP contribution in [0.15, 0.2) is 24.3 Å². The van der Waals surface area contributed by atoms with Crippen LogP contribution in [0, 0.1) is 18.3 Å². The van der Waals surface area contributed by atoms with Gasteiger partial charge in [0.05, 0.1) is 24.5 Å². The second-order valence-electron chi connectivity index (χ2n) is 5.67. The lowest BCUT2D eigenvalue weighted by Crippen LogP contribution is -2.49. The quantitative estimate of drug-likeness (QED) is 0.780. The van der Waals surface area contributed by atoms with Gasteiger partial charge in [-0.05, 0) is 31.4 Å². The number of nitriles is 1. The summed E-state index contributed by atoms with van der Waals surface area (Å²) in [5.74, 6) is 0.0192. The molecule has 0 aromatic heterocycles. The first-order valence-electron chi connectivity index (χ1n) is 7.49. The second-order valence-corrected chi connectivity index (χ2v) is 7.72. The van der Waals surface area contributed by atoms with Crippen molar-refractivity contribution >= 4 is 10.0 Å². The Kier molecular flexibility index (Phi) is 5.57. The molecule has 2 rings (SSSR count). The molecule has 1 fully saturated rings. The molecule has 0 aliphatic carbocycles. The minimum absolute atomic E-state index is 0.0192. The zero-order chi connectivity index (χ0) is 16.2. The molecule has 1 saturated heterocycles. The van der Waals surface area contributed by atoms with Gasteiger partial charge in [0.2, 0.25) is 10.0 Å². The van der Waals surface area contributed by atoms with E-state index in [0.29, 0.717) is 19.6 Å². The lowest BCUT2D eigenvalue weighted by Gasteiger charge is -2.37. The van der Waals surface area contributed by atoms with Gasteiger partial charge in [-0.25, -0.2) is 8.42 Å². The highest BCUT2D eigenvalue weighted by atomic mass is 32.2. The smallest absolute Gasteiger partial charge is 0.214 e. The van der Waals surface area contributed by atoms with Crippen molar-refractivity contribution in [3.8, 4) is 6.07 Å². The highest BCUT2D eigenvalue weighted by Gasteiger charge is 2.35. The van der Waals surface area contributed by atoms with Crippen LogP contribution < -0.4 is 0 Å². The van der Waals surface area contributed by atoms with Gasteiger partial charge >= 0.3 is 0 Å². The average Bonchev–Trinajstić information content (AvgIpc) is 2.48. The van der Waals surface area contributed by atoms with Crippen molar-refractivity contribution in [1.29, 1.82) is 5.26 Å². The molecule has 0 unspecified atom stereocenters. The Balaban J connectivity index is 2.15. The summed E-state index contributed by atoms with van der Waals surface area (Å²) in [4.78, 5) is 0. The maximum absolute atomic E-state index is 12.5. The zero-order valence-electron chi connectivity index (χ0n) is 13.0. The molecule has 0 N–H and O–H groups in total. The van der Waals surface area contributed by atoms with E-state index in [9.17, 15) is 8.42 Å². The van der Waals surface area contributed by atoms with Crippen LogP contribution in [0.2, 0.25) is 0 Å². The first kappa shape index (κ1) is 16.9. The Hall–Kier alpha value is -1.42. The van der Waals surface area contributed by atoms with E-state index >= 15 is 0 Å². The molecule has 1 heterocycles. The van der Waals surface area contributed by atoms with Crippen molar-refractivity contribution in [2.24, 2.45) is 0 Å². The summed E-state index contributed by atoms with van der Waals surface area (Å²) in [5, 5.41) is 8.57. The summed E-state index contributed by atoms with van der Waals surface area (Å²) >= 11 is 0. The van der Waals surface area contributed by atoms with Gasteiger partial charge in [0.25, 0.3) is 0 Å². The Labute approximate surface area is 132 Å². The highest BCUT2D eigenvalue weighted by Crippen LogP contribution is 2.29. The Bertz CT molecular complexity index is 652. The van der Waals surface area contributed by atoms with E-state index in [1.54, 1.807) is 0 Å². The van der Waals surface area contributed by atoms with E-state index in [4.69, 9.17) is 10.00 Å². The molecule has 0 bridgehead atoms. The number of ether oxygens (including phenoxy) is 1. The molecule has 120 valence electrons. The van der Waals surface area contributed by atoms with Crippen molar-refractivity contribution in [1.82, 2.24) is 4.31 Å². The van der Waals surface area contributed by atoms with Crippen molar-refractivity contribution < 1.29 is 13.2 Å². The summed E-state index contributed by atoms with van der Waals surface area (Å²) < 4.78 is 32.4. The number of nitrogens with zero attached hydrogens (tertiary/aromatic N) is 2. The fraction of sp³-hybridized carbons (Fsp3) is 0.562. The van der Waals surface area contributed by atoms with Crippen molar-refractivity contribution in [2.75, 3.05) is 18.9 Å². The first-order chi connectivity index (χ1) is 10.5. The number of aryl methyl sites for hydroxylation is 1. The van der Waals surface area contributed by atoms with E-state index in [1.807, 2.05) is 44.2 Å². The van der Waals surface area contributed by atoms with Crippen LogP contribution >= 0.6 is 0 Å². The minimum atomic E-state index is -3.36. The van der Waals surface area contributed by atoms with E-state index < -0.39 is 10.0 Å². The largest absolute Gasteiger partial charge is 0.370 e. The summed E-state index contributed by atoms with van der Waals surface area (Å²) in [6.07, 6.45) is 0.403. The van der Waals surface area contributed by atoms with Gasteiger partial charge in [0.15, 0.2) is 0 Å². The molecule has 1 aromatic rings. The monoisotopic (exact) mass is 322 g/mol. The normalized spacial score (nSPS) is 23.1. The number of benzene rings is 1. The first-order valence-corrected chi connectivity index (χ1v) is 9.10. The number of rotatable bonds is 5. The number of sulfonamides is 1. The van der Waals surface area contributed by atoms with Gasteiger partial charge in [0.1, 0.15) is 0 Å². The molecule has 6 heteroatoms. The molecule has 1 aromatic carbocycles. The van der Waals surface area contributed by atoms with Crippen LogP contribution in [-0.2, 0) is 14.8 Å². The summed E-state index contributed by atoms with van der Waals surface area (Å²) in [6, 6.07) is 9.70. The van der Waals surface area contributed by atoms with Crippen LogP contribution in [0.25, 0.3) is 0 Å². The van der Waals surface area contributed by atoms with E-state index in [2.05, 4.69) is 0 Å². The van der Waals surface area contributed by atoms with Crippen LogP contribution in [0.4, 0.5) is 0 Å². The molecule has 0 spiro atoms. The van der Waals surface area contributed by atoms with Gasteiger partial charge < -0.3 is 4.74 Å². The van der Waals surface area contributed by atoms with Crippen molar-refractivity contribution in [3.63, 3.8) is 0 Å². The lowest BCUT2D eigenvalue weighted by atomic mass is 10.0. The van der Waals surface area contributed by atoms with E-state index in [0.717, 1.165) is 11.1 Å². The van der Waals surface area contributed by atoms with E-state index in [-0.39, 0.29) is 24.3 Å². The van der Waals surface area contributed by atoms with Gasteiger partial charge in [-0.15, -0.1) is 0 Å². The predicted octanol–water partition coefficient (Wildman–Crippen LogP) is 2.39. The Morgan fingerprint density at radius 1 is 1.41 bits per heavy atom. The molecule has 1 aliphatic heterocycles. The fourth-order valence-corrected chi connectivity index (χ4v) is 4.42. The van der Waals surface area contributed by atoms with Crippen LogP contribution in [0.3, 0.4) is 0 Å². The zero-order valence-corrected chi connectivity index (χ0v) is 13.8. The fourth-order valence-electron chi connectivity index (χ4n) is 2.71. The lowest BCUT2D eigenvalue weighted by molar-refractivity contribution is -0.0291. The predicted molar refractivity (Wildman–Crippen MR) is 84.7 cm³/mol. The average molecular weight is 322 g/mol. The number of unbranched alkanes of at least 4 members (excludes halogenated alkanes) is 1. The summed E-state index contributed by atoms with van der Waals surface area (Å²) in [5.41, 5.74) is 2.13. The SMILES string of the molecule is Cc1ccccc1[C@@H]1CN(S(=O)(=O)CCCC#N)[C@@H](C)CO1. The Morgan fingerprint density at radius 2 is 2.14 bits per heavy atom.